The predicted molar refractivity (Wildman–Crippen MR) is 248 cm³/mol. The molecule has 0 aliphatic rings. The van der Waals surface area contributed by atoms with E-state index in [9.17, 15) is 15.0 Å². The number of nitrogens with one attached hydrogen (secondary N) is 1. The van der Waals surface area contributed by atoms with Crippen molar-refractivity contribution in [3.8, 4) is 0 Å². The van der Waals surface area contributed by atoms with Crippen LogP contribution in [0.4, 0.5) is 0 Å². The second-order valence-electron chi connectivity index (χ2n) is 16.2. The van der Waals surface area contributed by atoms with E-state index < -0.39 is 12.1 Å². The van der Waals surface area contributed by atoms with Crippen LogP contribution in [0.1, 0.15) is 232 Å². The van der Waals surface area contributed by atoms with Gasteiger partial charge in [-0.25, -0.2) is 0 Å². The van der Waals surface area contributed by atoms with Crippen molar-refractivity contribution >= 4 is 5.91 Å². The zero-order valence-corrected chi connectivity index (χ0v) is 37.1. The first-order valence-corrected chi connectivity index (χ1v) is 24.1. The van der Waals surface area contributed by atoms with Gasteiger partial charge >= 0.3 is 0 Å². The summed E-state index contributed by atoms with van der Waals surface area (Å²) in [5.74, 6) is -0.0739. The quantitative estimate of drug-likeness (QED) is 0.0426. The molecule has 0 aromatic rings. The maximum absolute atomic E-state index is 12.4. The van der Waals surface area contributed by atoms with Gasteiger partial charge in [0.25, 0.3) is 0 Å². The first kappa shape index (κ1) is 53.8. The number of amides is 1. The van der Waals surface area contributed by atoms with Crippen LogP contribution in [0.5, 0.6) is 0 Å². The number of rotatable bonds is 43. The van der Waals surface area contributed by atoms with Crippen molar-refractivity contribution < 1.29 is 15.0 Å². The zero-order chi connectivity index (χ0) is 40.7. The number of aliphatic hydroxyl groups is 2. The van der Waals surface area contributed by atoms with Crippen molar-refractivity contribution in [2.45, 2.75) is 244 Å². The number of aliphatic hydroxyl groups excluding tert-OH is 2. The van der Waals surface area contributed by atoms with Gasteiger partial charge < -0.3 is 15.5 Å². The van der Waals surface area contributed by atoms with Crippen LogP contribution < -0.4 is 5.32 Å². The first-order valence-electron chi connectivity index (χ1n) is 24.1. The van der Waals surface area contributed by atoms with Crippen molar-refractivity contribution in [3.05, 3.63) is 72.9 Å². The predicted octanol–water partition coefficient (Wildman–Crippen LogP) is 15.5. The Morgan fingerprint density at radius 2 is 0.786 bits per heavy atom. The maximum atomic E-state index is 12.4. The van der Waals surface area contributed by atoms with Gasteiger partial charge in [0, 0.05) is 6.42 Å². The fourth-order valence-electron chi connectivity index (χ4n) is 7.07. The molecule has 2 unspecified atom stereocenters. The third-order valence-electron chi connectivity index (χ3n) is 10.7. The number of carbonyl (C=O) groups excluding carboxylic acids is 1. The van der Waals surface area contributed by atoms with Crippen LogP contribution in [0.25, 0.3) is 0 Å². The molecule has 3 N–H and O–H groups in total. The minimum absolute atomic E-state index is 0.0739. The summed E-state index contributed by atoms with van der Waals surface area (Å²) < 4.78 is 0. The lowest BCUT2D eigenvalue weighted by molar-refractivity contribution is -0.123. The van der Waals surface area contributed by atoms with E-state index in [-0.39, 0.29) is 12.5 Å². The highest BCUT2D eigenvalue weighted by Gasteiger charge is 2.19. The van der Waals surface area contributed by atoms with Crippen molar-refractivity contribution in [3.63, 3.8) is 0 Å². The van der Waals surface area contributed by atoms with Crippen LogP contribution in [0.2, 0.25) is 0 Å². The topological polar surface area (TPSA) is 69.6 Å². The molecule has 0 bridgehead atoms. The Labute approximate surface area is 349 Å². The van der Waals surface area contributed by atoms with Crippen molar-refractivity contribution in [2.75, 3.05) is 6.61 Å². The van der Waals surface area contributed by atoms with E-state index in [1.165, 1.54) is 135 Å². The van der Waals surface area contributed by atoms with Gasteiger partial charge in [-0.2, -0.15) is 0 Å². The second-order valence-corrected chi connectivity index (χ2v) is 16.2. The molecule has 0 heterocycles. The van der Waals surface area contributed by atoms with Gasteiger partial charge in [-0.1, -0.05) is 234 Å². The third kappa shape index (κ3) is 43.0. The summed E-state index contributed by atoms with van der Waals surface area (Å²) in [5.41, 5.74) is 0. The molecule has 1 amide bonds. The van der Waals surface area contributed by atoms with Crippen LogP contribution in [0.3, 0.4) is 0 Å². The fourth-order valence-corrected chi connectivity index (χ4v) is 7.07. The van der Waals surface area contributed by atoms with E-state index in [2.05, 4.69) is 92.1 Å². The average Bonchev–Trinajstić information content (AvgIpc) is 3.20. The summed E-state index contributed by atoms with van der Waals surface area (Å²) in [6.07, 6.45) is 67.1. The largest absolute Gasteiger partial charge is 0.394 e. The molecule has 0 radical (unpaired) electrons. The Balaban J connectivity index is 3.60. The summed E-state index contributed by atoms with van der Waals surface area (Å²) in [6.45, 7) is 4.23. The number of carbonyl (C=O) groups is 1. The SMILES string of the molecule is CC/C=C\C/C=C\C/C=C\C/C=C\C/C=C\C/C=C\CCCCC(=O)NC(CO)C(O)CCCCCCCCCCCCCCCCCCCCCCCCC. The van der Waals surface area contributed by atoms with Crippen molar-refractivity contribution in [2.24, 2.45) is 0 Å². The van der Waals surface area contributed by atoms with Gasteiger partial charge in [0.05, 0.1) is 18.8 Å². The first-order chi connectivity index (χ1) is 27.7. The summed E-state index contributed by atoms with van der Waals surface area (Å²) in [6, 6.07) is -0.564. The van der Waals surface area contributed by atoms with Crippen LogP contribution in [-0.4, -0.2) is 34.9 Å². The highest BCUT2D eigenvalue weighted by molar-refractivity contribution is 5.76. The Morgan fingerprint density at radius 3 is 1.14 bits per heavy atom. The minimum Gasteiger partial charge on any atom is -0.394 e. The molecule has 0 rings (SSSR count). The normalized spacial score (nSPS) is 13.6. The molecule has 0 spiro atoms. The second kappa shape index (κ2) is 47.2. The molecule has 0 saturated heterocycles. The molecule has 0 fully saturated rings. The number of hydrogen-bond donors (Lipinski definition) is 3. The summed E-state index contributed by atoms with van der Waals surface area (Å²) in [7, 11) is 0. The molecule has 2 atom stereocenters. The molecule has 0 aliphatic heterocycles. The Bertz CT molecular complexity index is 977. The van der Waals surface area contributed by atoms with Gasteiger partial charge in [-0.05, 0) is 64.2 Å². The Morgan fingerprint density at radius 1 is 0.446 bits per heavy atom. The number of allylic oxidation sites excluding steroid dienone is 12. The van der Waals surface area contributed by atoms with E-state index in [1.807, 2.05) is 0 Å². The van der Waals surface area contributed by atoms with Gasteiger partial charge in [0.2, 0.25) is 5.91 Å². The van der Waals surface area contributed by atoms with E-state index in [0.29, 0.717) is 12.8 Å². The maximum Gasteiger partial charge on any atom is 0.220 e. The lowest BCUT2D eigenvalue weighted by Gasteiger charge is -2.22. The highest BCUT2D eigenvalue weighted by Crippen LogP contribution is 2.16. The standard InChI is InChI=1S/C52H93NO3/c1-3-5-7-9-11-13-15-17-19-21-23-25-26-28-29-31-33-35-37-39-41-43-45-47-51(55)50(49-54)53-52(56)48-46-44-42-40-38-36-34-32-30-27-24-22-20-18-16-14-12-10-8-6-4-2/h6,8,12,14,18,20,24,27,32,34,38,40,50-51,54-55H,3-5,7,9-11,13,15-17,19,21-23,25-26,28-31,33,35-37,39,41-49H2,1-2H3,(H,53,56)/b8-6-,14-12-,20-18-,27-24-,34-32-,40-38-. The molecule has 324 valence electrons. The molecular formula is C52H93NO3. The van der Waals surface area contributed by atoms with Crippen molar-refractivity contribution in [1.82, 2.24) is 5.32 Å². The van der Waals surface area contributed by atoms with Crippen LogP contribution in [-0.2, 0) is 4.79 Å². The summed E-state index contributed by atoms with van der Waals surface area (Å²) >= 11 is 0. The molecule has 56 heavy (non-hydrogen) atoms. The molecule has 0 aliphatic carbocycles. The summed E-state index contributed by atoms with van der Waals surface area (Å²) in [4.78, 5) is 12.4. The lowest BCUT2D eigenvalue weighted by Crippen LogP contribution is -2.45. The highest BCUT2D eigenvalue weighted by atomic mass is 16.3. The number of unbranched alkanes of at least 4 members (excludes halogenated alkanes) is 24. The zero-order valence-electron chi connectivity index (χ0n) is 37.1. The van der Waals surface area contributed by atoms with Gasteiger partial charge in [-0.3, -0.25) is 4.79 Å². The van der Waals surface area contributed by atoms with E-state index in [4.69, 9.17) is 0 Å². The molecular weight excluding hydrogens is 687 g/mol. The Kier molecular flexibility index (Phi) is 45.4. The average molecular weight is 780 g/mol. The molecule has 0 aromatic heterocycles. The molecule has 0 saturated carbocycles. The van der Waals surface area contributed by atoms with Crippen LogP contribution >= 0.6 is 0 Å². The smallest absolute Gasteiger partial charge is 0.220 e. The lowest BCUT2D eigenvalue weighted by atomic mass is 10.0. The molecule has 0 aromatic carbocycles. The number of hydrogen-bond acceptors (Lipinski definition) is 3. The van der Waals surface area contributed by atoms with Gasteiger partial charge in [0.15, 0.2) is 0 Å². The monoisotopic (exact) mass is 780 g/mol. The fraction of sp³-hybridized carbons (Fsp3) is 0.750. The molecule has 4 heteroatoms. The minimum atomic E-state index is -0.683. The van der Waals surface area contributed by atoms with E-state index >= 15 is 0 Å². The van der Waals surface area contributed by atoms with E-state index in [1.54, 1.807) is 0 Å². The summed E-state index contributed by atoms with van der Waals surface area (Å²) in [5, 5.41) is 23.2. The van der Waals surface area contributed by atoms with Gasteiger partial charge in [0.1, 0.15) is 0 Å². The van der Waals surface area contributed by atoms with Crippen LogP contribution in [0, 0.1) is 0 Å². The van der Waals surface area contributed by atoms with Crippen molar-refractivity contribution in [1.29, 1.82) is 0 Å². The van der Waals surface area contributed by atoms with E-state index in [0.717, 1.165) is 70.6 Å². The van der Waals surface area contributed by atoms with Gasteiger partial charge in [-0.15, -0.1) is 0 Å². The third-order valence-corrected chi connectivity index (χ3v) is 10.7. The Hall–Kier alpha value is -2.17. The molecule has 4 nitrogen and oxygen atoms in total. The van der Waals surface area contributed by atoms with Crippen LogP contribution in [0.15, 0.2) is 72.9 Å².